The summed E-state index contributed by atoms with van der Waals surface area (Å²) in [7, 11) is -4.49. The number of rotatable bonds is 11. The Hall–Kier alpha value is -3.86. The number of hydrogen-bond donors (Lipinski definition) is 1. The summed E-state index contributed by atoms with van der Waals surface area (Å²) in [6.07, 6.45) is -4.50. The Morgan fingerprint density at radius 3 is 2.17 bits per heavy atom. The number of benzene rings is 3. The largest absolute Gasteiger partial charge is 0.416 e. The van der Waals surface area contributed by atoms with Crippen molar-refractivity contribution >= 4 is 27.5 Å². The quantitative estimate of drug-likeness (QED) is 0.322. The summed E-state index contributed by atoms with van der Waals surface area (Å²) in [5.41, 5.74) is 1.00. The average Bonchev–Trinajstić information content (AvgIpc) is 2.92. The van der Waals surface area contributed by atoms with Crippen LogP contribution in [0.1, 0.15) is 42.5 Å². The molecule has 7 nitrogen and oxygen atoms in total. The molecule has 0 aliphatic rings. The molecule has 0 saturated carbocycles. The fourth-order valence-electron chi connectivity index (χ4n) is 4.39. The lowest BCUT2D eigenvalue weighted by Crippen LogP contribution is -2.52. The average molecular weight is 590 g/mol. The molecule has 2 amide bonds. The van der Waals surface area contributed by atoms with Gasteiger partial charge in [-0.2, -0.15) is 13.2 Å². The van der Waals surface area contributed by atoms with Crippen molar-refractivity contribution in [2.24, 2.45) is 0 Å². The number of anilines is 1. The van der Waals surface area contributed by atoms with Gasteiger partial charge < -0.3 is 10.2 Å². The van der Waals surface area contributed by atoms with Crippen LogP contribution in [0.3, 0.4) is 0 Å². The maximum Gasteiger partial charge on any atom is 0.416 e. The number of carbonyl (C=O) groups is 2. The summed E-state index contributed by atoms with van der Waals surface area (Å²) in [4.78, 5) is 28.1. The van der Waals surface area contributed by atoms with Crippen LogP contribution in [-0.2, 0) is 32.3 Å². The highest BCUT2D eigenvalue weighted by Gasteiger charge is 2.36. The minimum absolute atomic E-state index is 0.00214. The van der Waals surface area contributed by atoms with Gasteiger partial charge in [0.15, 0.2) is 0 Å². The van der Waals surface area contributed by atoms with Gasteiger partial charge in [0, 0.05) is 13.1 Å². The smallest absolute Gasteiger partial charge is 0.355 e. The lowest BCUT2D eigenvalue weighted by atomic mass is 10.1. The Bertz CT molecular complexity index is 1470. The highest BCUT2D eigenvalue weighted by atomic mass is 32.2. The maximum absolute atomic E-state index is 14.0. The molecular weight excluding hydrogens is 555 g/mol. The molecule has 1 atom stereocenters. The number of sulfonamides is 1. The molecule has 0 fully saturated rings. The number of aryl methyl sites for hydroxylation is 2. The van der Waals surface area contributed by atoms with Gasteiger partial charge in [0.2, 0.25) is 11.8 Å². The van der Waals surface area contributed by atoms with Crippen LogP contribution in [0.25, 0.3) is 0 Å². The Morgan fingerprint density at radius 2 is 1.59 bits per heavy atom. The van der Waals surface area contributed by atoms with Gasteiger partial charge in [-0.25, -0.2) is 8.42 Å². The van der Waals surface area contributed by atoms with Crippen molar-refractivity contribution in [1.29, 1.82) is 0 Å². The van der Waals surface area contributed by atoms with E-state index in [0.717, 1.165) is 28.8 Å². The molecule has 0 saturated heterocycles. The molecule has 11 heteroatoms. The Labute approximate surface area is 239 Å². The number of hydrogen-bond acceptors (Lipinski definition) is 4. The Kier molecular flexibility index (Phi) is 10.2. The van der Waals surface area contributed by atoms with Crippen LogP contribution in [0.2, 0.25) is 0 Å². The number of likely N-dealkylation sites (N-methyl/N-ethyl adjacent to an activating group) is 1. The minimum atomic E-state index is -4.73. The van der Waals surface area contributed by atoms with Crippen LogP contribution >= 0.6 is 0 Å². The zero-order valence-electron chi connectivity index (χ0n) is 23.4. The van der Waals surface area contributed by atoms with Crippen molar-refractivity contribution < 1.29 is 31.2 Å². The standard InChI is InChI=1S/C30H34F3N3O4S/c1-5-27(29(38)34-6-2)35(19-23-11-8-7-10-22(23)4)28(37)20-36(25-13-9-12-24(18-25)30(31,32)33)41(39,40)26-16-14-21(3)15-17-26/h7-18,27H,5-6,19-20H2,1-4H3,(H,34,38)/t27-/m1/s1. The fourth-order valence-corrected chi connectivity index (χ4v) is 5.79. The van der Waals surface area contributed by atoms with Gasteiger partial charge in [0.05, 0.1) is 16.1 Å². The molecule has 0 aliphatic heterocycles. The molecule has 3 rings (SSSR count). The van der Waals surface area contributed by atoms with E-state index in [1.165, 1.54) is 23.1 Å². The van der Waals surface area contributed by atoms with Crippen LogP contribution in [0.15, 0.2) is 77.7 Å². The molecule has 0 spiro atoms. The highest BCUT2D eigenvalue weighted by Crippen LogP contribution is 2.33. The first-order valence-corrected chi connectivity index (χ1v) is 14.6. The molecular formula is C30H34F3N3O4S. The first kappa shape index (κ1) is 31.7. The van der Waals surface area contributed by atoms with Gasteiger partial charge >= 0.3 is 6.18 Å². The first-order chi connectivity index (χ1) is 19.3. The molecule has 1 N–H and O–H groups in total. The molecule has 220 valence electrons. The number of amides is 2. The second-order valence-corrected chi connectivity index (χ2v) is 11.5. The van der Waals surface area contributed by atoms with Crippen molar-refractivity contribution in [3.05, 3.63) is 95.1 Å². The minimum Gasteiger partial charge on any atom is -0.355 e. The number of nitrogens with zero attached hydrogens (tertiary/aromatic N) is 2. The van der Waals surface area contributed by atoms with Gasteiger partial charge in [0.1, 0.15) is 12.6 Å². The summed E-state index contributed by atoms with van der Waals surface area (Å²) in [6, 6.07) is 16.0. The van der Waals surface area contributed by atoms with Crippen molar-refractivity contribution in [2.45, 2.75) is 57.8 Å². The number of nitrogens with one attached hydrogen (secondary N) is 1. The summed E-state index contributed by atoms with van der Waals surface area (Å²) < 4.78 is 69.1. The SMILES string of the molecule is CCNC(=O)[C@@H](CC)N(Cc1ccccc1C)C(=O)CN(c1cccc(C(F)(F)F)c1)S(=O)(=O)c1ccc(C)cc1. The summed E-state index contributed by atoms with van der Waals surface area (Å²) in [5, 5.41) is 2.71. The predicted octanol–water partition coefficient (Wildman–Crippen LogP) is 5.46. The summed E-state index contributed by atoms with van der Waals surface area (Å²) in [5.74, 6) is -1.15. The Balaban J connectivity index is 2.13. The first-order valence-electron chi connectivity index (χ1n) is 13.2. The molecule has 3 aromatic rings. The third-order valence-corrected chi connectivity index (χ3v) is 8.48. The normalized spacial score (nSPS) is 12.5. The van der Waals surface area contributed by atoms with E-state index in [4.69, 9.17) is 0 Å². The molecule has 41 heavy (non-hydrogen) atoms. The maximum atomic E-state index is 14.0. The highest BCUT2D eigenvalue weighted by molar-refractivity contribution is 7.92. The van der Waals surface area contributed by atoms with E-state index in [2.05, 4.69) is 5.32 Å². The summed E-state index contributed by atoms with van der Waals surface area (Å²) >= 11 is 0. The topological polar surface area (TPSA) is 86.8 Å². The van der Waals surface area contributed by atoms with Gasteiger partial charge in [-0.05, 0) is 68.7 Å². The Morgan fingerprint density at radius 1 is 0.927 bits per heavy atom. The van der Waals surface area contributed by atoms with Crippen LogP contribution in [0.4, 0.5) is 18.9 Å². The summed E-state index contributed by atoms with van der Waals surface area (Å²) in [6.45, 7) is 6.58. The van der Waals surface area contributed by atoms with Gasteiger partial charge in [-0.1, -0.05) is 55.0 Å². The van der Waals surface area contributed by atoms with E-state index in [1.54, 1.807) is 45.0 Å². The van der Waals surface area contributed by atoms with E-state index in [0.29, 0.717) is 16.9 Å². The van der Waals surface area contributed by atoms with E-state index in [1.807, 2.05) is 19.1 Å². The van der Waals surface area contributed by atoms with Crippen molar-refractivity contribution in [3.8, 4) is 0 Å². The van der Waals surface area contributed by atoms with Gasteiger partial charge in [0.25, 0.3) is 10.0 Å². The lowest BCUT2D eigenvalue weighted by Gasteiger charge is -2.33. The van der Waals surface area contributed by atoms with Gasteiger partial charge in [-0.3, -0.25) is 13.9 Å². The molecule has 3 aromatic carbocycles. The second kappa shape index (κ2) is 13.2. The van der Waals surface area contributed by atoms with Crippen LogP contribution in [0.5, 0.6) is 0 Å². The molecule has 0 unspecified atom stereocenters. The third-order valence-electron chi connectivity index (χ3n) is 6.69. The van der Waals surface area contributed by atoms with Crippen LogP contribution in [0, 0.1) is 13.8 Å². The molecule has 0 bridgehead atoms. The monoisotopic (exact) mass is 589 g/mol. The van der Waals surface area contributed by atoms with Crippen molar-refractivity contribution in [3.63, 3.8) is 0 Å². The molecule has 0 aromatic heterocycles. The van der Waals surface area contributed by atoms with Crippen molar-refractivity contribution in [2.75, 3.05) is 17.4 Å². The molecule has 0 heterocycles. The van der Waals surface area contributed by atoms with Crippen LogP contribution < -0.4 is 9.62 Å². The van der Waals surface area contributed by atoms with E-state index in [9.17, 15) is 31.2 Å². The van der Waals surface area contributed by atoms with Crippen molar-refractivity contribution in [1.82, 2.24) is 10.2 Å². The van der Waals surface area contributed by atoms with E-state index < -0.39 is 46.2 Å². The van der Waals surface area contributed by atoms with E-state index >= 15 is 0 Å². The van der Waals surface area contributed by atoms with Crippen LogP contribution in [-0.4, -0.2) is 44.3 Å². The zero-order chi connectivity index (χ0) is 30.4. The zero-order valence-corrected chi connectivity index (χ0v) is 24.2. The number of halogens is 3. The molecule has 0 aliphatic carbocycles. The van der Waals surface area contributed by atoms with E-state index in [-0.39, 0.29) is 23.5 Å². The lowest BCUT2D eigenvalue weighted by molar-refractivity contribution is -0.140. The predicted molar refractivity (Wildman–Crippen MR) is 152 cm³/mol. The van der Waals surface area contributed by atoms with Gasteiger partial charge in [-0.15, -0.1) is 0 Å². The fraction of sp³-hybridized carbons (Fsp3) is 0.333. The number of carbonyl (C=O) groups excluding carboxylic acids is 2. The third kappa shape index (κ3) is 7.66. The number of alkyl halides is 3. The second-order valence-electron chi connectivity index (χ2n) is 9.64. The molecule has 0 radical (unpaired) electrons.